The van der Waals surface area contributed by atoms with Gasteiger partial charge in [0, 0.05) is 12.6 Å². The van der Waals surface area contributed by atoms with E-state index in [0.717, 1.165) is 0 Å². The van der Waals surface area contributed by atoms with Gasteiger partial charge in [0.25, 0.3) is 5.69 Å². The van der Waals surface area contributed by atoms with Gasteiger partial charge in [-0.05, 0) is 39.7 Å². The van der Waals surface area contributed by atoms with Crippen molar-refractivity contribution in [2.24, 2.45) is 0 Å². The number of hydrogen-bond donors (Lipinski definition) is 1. The highest BCUT2D eigenvalue weighted by Crippen LogP contribution is 2.29. The van der Waals surface area contributed by atoms with Gasteiger partial charge in [-0.25, -0.2) is 4.39 Å². The molecule has 2 aromatic rings. The maximum absolute atomic E-state index is 12.9. The summed E-state index contributed by atoms with van der Waals surface area (Å²) < 4.78 is 13.3. The molecular weight excluding hydrogens is 351 g/mol. The molecule has 7 heteroatoms. The Labute approximate surface area is 127 Å². The molecule has 4 nitrogen and oxygen atoms in total. The summed E-state index contributed by atoms with van der Waals surface area (Å²) in [7, 11) is 0. The standard InChI is InChI=1S/C13H9BrClFN2O2/c14-13-8(2-1-3-12(13)18(19)20)7-17-11-5-4-9(16)6-10(11)15/h1-6,17H,7H2. The summed E-state index contributed by atoms with van der Waals surface area (Å²) in [6, 6.07) is 8.78. The maximum Gasteiger partial charge on any atom is 0.283 e. The average Bonchev–Trinajstić information content (AvgIpc) is 2.39. The van der Waals surface area contributed by atoms with Gasteiger partial charge >= 0.3 is 0 Å². The van der Waals surface area contributed by atoms with Crippen molar-refractivity contribution in [1.29, 1.82) is 0 Å². The van der Waals surface area contributed by atoms with E-state index >= 15 is 0 Å². The molecule has 1 N–H and O–H groups in total. The van der Waals surface area contributed by atoms with E-state index in [4.69, 9.17) is 11.6 Å². The van der Waals surface area contributed by atoms with Crippen LogP contribution >= 0.6 is 27.5 Å². The van der Waals surface area contributed by atoms with E-state index in [1.165, 1.54) is 24.3 Å². The fraction of sp³-hybridized carbons (Fsp3) is 0.0769. The molecule has 0 atom stereocenters. The first-order valence-corrected chi connectivity index (χ1v) is 6.77. The van der Waals surface area contributed by atoms with E-state index in [1.54, 1.807) is 12.1 Å². The molecule has 0 bridgehead atoms. The van der Waals surface area contributed by atoms with Crippen LogP contribution in [0.1, 0.15) is 5.56 Å². The molecule has 0 aliphatic rings. The maximum atomic E-state index is 12.9. The van der Waals surface area contributed by atoms with E-state index in [0.29, 0.717) is 22.3 Å². The first-order valence-electron chi connectivity index (χ1n) is 5.59. The zero-order valence-electron chi connectivity index (χ0n) is 10.1. The molecule has 0 saturated carbocycles. The Kier molecular flexibility index (Phi) is 4.57. The Morgan fingerprint density at radius 3 is 2.75 bits per heavy atom. The zero-order valence-corrected chi connectivity index (χ0v) is 12.4. The fourth-order valence-electron chi connectivity index (χ4n) is 1.67. The molecule has 0 radical (unpaired) electrons. The third kappa shape index (κ3) is 3.26. The van der Waals surface area contributed by atoms with Gasteiger partial charge in [-0.1, -0.05) is 23.7 Å². The van der Waals surface area contributed by atoms with Crippen molar-refractivity contribution in [3.05, 3.63) is 67.4 Å². The number of nitrogens with one attached hydrogen (secondary N) is 1. The summed E-state index contributed by atoms with van der Waals surface area (Å²) in [6.07, 6.45) is 0. The van der Waals surface area contributed by atoms with E-state index in [-0.39, 0.29) is 10.7 Å². The summed E-state index contributed by atoms with van der Waals surface area (Å²) in [5.41, 5.74) is 1.26. The predicted octanol–water partition coefficient (Wildman–Crippen LogP) is 4.76. The van der Waals surface area contributed by atoms with Crippen molar-refractivity contribution in [2.75, 3.05) is 5.32 Å². The summed E-state index contributed by atoms with van der Waals surface area (Å²) in [5, 5.41) is 14.1. The van der Waals surface area contributed by atoms with Crippen LogP contribution in [0.4, 0.5) is 15.8 Å². The van der Waals surface area contributed by atoms with Gasteiger partial charge in [0.2, 0.25) is 0 Å². The van der Waals surface area contributed by atoms with Crippen molar-refractivity contribution in [3.8, 4) is 0 Å². The second kappa shape index (κ2) is 6.19. The summed E-state index contributed by atoms with van der Waals surface area (Å²) >= 11 is 9.11. The number of nitro groups is 1. The Morgan fingerprint density at radius 1 is 1.35 bits per heavy atom. The zero-order chi connectivity index (χ0) is 14.7. The normalized spacial score (nSPS) is 10.3. The Balaban J connectivity index is 2.19. The molecular formula is C13H9BrClFN2O2. The molecule has 0 aliphatic heterocycles. The van der Waals surface area contributed by atoms with Crippen LogP contribution in [0.25, 0.3) is 0 Å². The molecule has 0 spiro atoms. The SMILES string of the molecule is O=[N+]([O-])c1cccc(CNc2ccc(F)cc2Cl)c1Br. The van der Waals surface area contributed by atoms with Gasteiger partial charge < -0.3 is 5.32 Å². The number of nitro benzene ring substituents is 1. The van der Waals surface area contributed by atoms with Gasteiger partial charge in [0.1, 0.15) is 10.3 Å². The smallest absolute Gasteiger partial charge is 0.283 e. The van der Waals surface area contributed by atoms with Gasteiger partial charge in [-0.3, -0.25) is 10.1 Å². The Bertz CT molecular complexity index is 667. The van der Waals surface area contributed by atoms with Crippen LogP contribution in [0.5, 0.6) is 0 Å². The summed E-state index contributed by atoms with van der Waals surface area (Å²) in [6.45, 7) is 0.327. The molecule has 0 fully saturated rings. The van der Waals surface area contributed by atoms with Crippen molar-refractivity contribution in [1.82, 2.24) is 0 Å². The predicted molar refractivity (Wildman–Crippen MR) is 79.5 cm³/mol. The third-order valence-corrected chi connectivity index (χ3v) is 3.88. The highest BCUT2D eigenvalue weighted by molar-refractivity contribution is 9.10. The first kappa shape index (κ1) is 14.7. The largest absolute Gasteiger partial charge is 0.380 e. The number of hydrogen-bond acceptors (Lipinski definition) is 3. The number of nitrogens with zero attached hydrogens (tertiary/aromatic N) is 1. The van der Waals surface area contributed by atoms with Gasteiger partial charge in [0.15, 0.2) is 0 Å². The van der Waals surface area contributed by atoms with Crippen LogP contribution in [0.15, 0.2) is 40.9 Å². The molecule has 104 valence electrons. The molecule has 0 amide bonds. The molecule has 2 aromatic carbocycles. The van der Waals surface area contributed by atoms with Crippen LogP contribution in [-0.4, -0.2) is 4.92 Å². The van der Waals surface area contributed by atoms with E-state index in [1.807, 2.05) is 0 Å². The minimum atomic E-state index is -0.460. The monoisotopic (exact) mass is 358 g/mol. The minimum Gasteiger partial charge on any atom is -0.380 e. The van der Waals surface area contributed by atoms with Crippen molar-refractivity contribution in [2.45, 2.75) is 6.54 Å². The number of halogens is 3. The molecule has 0 heterocycles. The van der Waals surface area contributed by atoms with Crippen molar-refractivity contribution < 1.29 is 9.31 Å². The number of rotatable bonds is 4. The number of benzene rings is 2. The lowest BCUT2D eigenvalue weighted by molar-refractivity contribution is -0.385. The van der Waals surface area contributed by atoms with Crippen LogP contribution < -0.4 is 5.32 Å². The first-order chi connectivity index (χ1) is 9.49. The molecule has 0 saturated heterocycles. The van der Waals surface area contributed by atoms with Crippen LogP contribution in [0, 0.1) is 15.9 Å². The van der Waals surface area contributed by atoms with Crippen LogP contribution in [0.2, 0.25) is 5.02 Å². The Morgan fingerprint density at radius 2 is 2.10 bits per heavy atom. The lowest BCUT2D eigenvalue weighted by atomic mass is 10.2. The minimum absolute atomic E-state index is 0.00509. The second-order valence-electron chi connectivity index (χ2n) is 3.99. The van der Waals surface area contributed by atoms with E-state index in [9.17, 15) is 14.5 Å². The van der Waals surface area contributed by atoms with Crippen LogP contribution in [0.3, 0.4) is 0 Å². The average molecular weight is 360 g/mol. The highest BCUT2D eigenvalue weighted by atomic mass is 79.9. The van der Waals surface area contributed by atoms with Gasteiger partial charge in [-0.2, -0.15) is 0 Å². The van der Waals surface area contributed by atoms with E-state index < -0.39 is 10.7 Å². The second-order valence-corrected chi connectivity index (χ2v) is 5.19. The Hall–Kier alpha value is -1.66. The summed E-state index contributed by atoms with van der Waals surface area (Å²) in [5.74, 6) is -0.419. The molecule has 0 aliphatic carbocycles. The van der Waals surface area contributed by atoms with Gasteiger partial charge in [-0.15, -0.1) is 0 Å². The number of anilines is 1. The molecule has 0 aromatic heterocycles. The fourth-order valence-corrected chi connectivity index (χ4v) is 2.45. The van der Waals surface area contributed by atoms with Crippen LogP contribution in [-0.2, 0) is 6.54 Å². The van der Waals surface area contributed by atoms with E-state index in [2.05, 4.69) is 21.2 Å². The topological polar surface area (TPSA) is 55.2 Å². The molecule has 0 unspecified atom stereocenters. The summed E-state index contributed by atoms with van der Waals surface area (Å²) in [4.78, 5) is 10.4. The lowest BCUT2D eigenvalue weighted by Gasteiger charge is -2.10. The van der Waals surface area contributed by atoms with Crippen molar-refractivity contribution in [3.63, 3.8) is 0 Å². The molecule has 20 heavy (non-hydrogen) atoms. The van der Waals surface area contributed by atoms with Crippen molar-refractivity contribution >= 4 is 38.9 Å². The lowest BCUT2D eigenvalue weighted by Crippen LogP contribution is -2.02. The molecule has 2 rings (SSSR count). The highest BCUT2D eigenvalue weighted by Gasteiger charge is 2.14. The quantitative estimate of drug-likeness (QED) is 0.632. The third-order valence-electron chi connectivity index (χ3n) is 2.66. The van der Waals surface area contributed by atoms with Gasteiger partial charge in [0.05, 0.1) is 15.6 Å².